The Hall–Kier alpha value is -1.34. The average Bonchev–Trinajstić information content (AvgIpc) is 3.15. The molecule has 0 bridgehead atoms. The van der Waals surface area contributed by atoms with Crippen LogP contribution >= 0.6 is 31.9 Å². The van der Waals surface area contributed by atoms with Crippen LogP contribution in [-0.2, 0) is 0 Å². The fraction of sp³-hybridized carbons (Fsp3) is 0.231. The third kappa shape index (κ3) is 2.35. The normalized spacial score (nSPS) is 14.5. The molecule has 2 aromatic rings. The first kappa shape index (κ1) is 13.6. The van der Waals surface area contributed by atoms with E-state index < -0.39 is 11.5 Å². The van der Waals surface area contributed by atoms with Gasteiger partial charge < -0.3 is 15.4 Å². The van der Waals surface area contributed by atoms with Crippen molar-refractivity contribution in [2.24, 2.45) is 0 Å². The summed E-state index contributed by atoms with van der Waals surface area (Å²) < 4.78 is 1.36. The molecule has 0 aliphatic heterocycles. The molecule has 0 radical (unpaired) electrons. The Bertz CT molecular complexity index is 781. The number of hydrogen-bond donors (Lipinski definition) is 3. The second-order valence-corrected chi connectivity index (χ2v) is 6.51. The van der Waals surface area contributed by atoms with Crippen molar-refractivity contribution in [1.29, 1.82) is 0 Å². The number of H-pyrrole nitrogens is 1. The predicted molar refractivity (Wildman–Crippen MR) is 82.1 cm³/mol. The molecular weight excluding hydrogens is 392 g/mol. The van der Waals surface area contributed by atoms with Gasteiger partial charge in [0.2, 0.25) is 0 Å². The van der Waals surface area contributed by atoms with E-state index in [1.165, 1.54) is 0 Å². The highest BCUT2D eigenvalue weighted by molar-refractivity contribution is 9.11. The van der Waals surface area contributed by atoms with Crippen LogP contribution in [0.15, 0.2) is 25.9 Å². The van der Waals surface area contributed by atoms with Crippen molar-refractivity contribution in [1.82, 2.24) is 10.3 Å². The lowest BCUT2D eigenvalue weighted by Crippen LogP contribution is -2.31. The van der Waals surface area contributed by atoms with E-state index >= 15 is 0 Å². The van der Waals surface area contributed by atoms with Gasteiger partial charge in [0.25, 0.3) is 11.5 Å². The minimum atomic E-state index is -0.601. The molecular formula is C13H10Br2N2O3. The molecule has 1 amide bonds. The maximum absolute atomic E-state index is 12.0. The second kappa shape index (κ2) is 4.89. The summed E-state index contributed by atoms with van der Waals surface area (Å²) in [4.78, 5) is 26.7. The summed E-state index contributed by atoms with van der Waals surface area (Å²) in [6.45, 7) is 0. The van der Waals surface area contributed by atoms with Crippen molar-refractivity contribution >= 4 is 48.7 Å². The number of fused-ring (bicyclic) bond motifs is 1. The van der Waals surface area contributed by atoms with Crippen LogP contribution in [0.2, 0.25) is 0 Å². The maximum atomic E-state index is 12.0. The van der Waals surface area contributed by atoms with Crippen LogP contribution in [0.3, 0.4) is 0 Å². The van der Waals surface area contributed by atoms with Gasteiger partial charge in [-0.25, -0.2) is 0 Å². The third-order valence-corrected chi connectivity index (χ3v) is 4.24. The molecule has 0 saturated heterocycles. The SMILES string of the molecule is O=C(NC1CC1)c1c(O)c2cc(Br)cc(Br)c2[nH]c1=O. The monoisotopic (exact) mass is 400 g/mol. The Morgan fingerprint density at radius 2 is 2.05 bits per heavy atom. The number of aromatic nitrogens is 1. The zero-order chi connectivity index (χ0) is 14.4. The number of amides is 1. The van der Waals surface area contributed by atoms with Gasteiger partial charge in [-0.15, -0.1) is 0 Å². The van der Waals surface area contributed by atoms with Crippen LogP contribution in [-0.4, -0.2) is 22.0 Å². The molecule has 3 rings (SSSR count). The molecule has 1 saturated carbocycles. The van der Waals surface area contributed by atoms with E-state index in [1.54, 1.807) is 12.1 Å². The van der Waals surface area contributed by atoms with E-state index in [0.29, 0.717) is 15.4 Å². The number of aromatic hydroxyl groups is 1. The highest BCUT2D eigenvalue weighted by Gasteiger charge is 2.27. The first-order valence-corrected chi connectivity index (χ1v) is 7.61. The van der Waals surface area contributed by atoms with Crippen molar-refractivity contribution < 1.29 is 9.90 Å². The lowest BCUT2D eigenvalue weighted by Gasteiger charge is -2.09. The number of aromatic amines is 1. The number of benzene rings is 1. The van der Waals surface area contributed by atoms with Crippen molar-refractivity contribution in [3.63, 3.8) is 0 Å². The van der Waals surface area contributed by atoms with Gasteiger partial charge >= 0.3 is 0 Å². The number of pyridine rings is 1. The topological polar surface area (TPSA) is 82.2 Å². The van der Waals surface area contributed by atoms with E-state index in [0.717, 1.165) is 17.3 Å². The van der Waals surface area contributed by atoms with Crippen LogP contribution in [0.4, 0.5) is 0 Å². The van der Waals surface area contributed by atoms with Gasteiger partial charge in [-0.05, 0) is 40.9 Å². The number of halogens is 2. The Morgan fingerprint density at radius 3 is 2.70 bits per heavy atom. The first-order valence-electron chi connectivity index (χ1n) is 6.02. The molecule has 5 nitrogen and oxygen atoms in total. The summed E-state index contributed by atoms with van der Waals surface area (Å²) >= 11 is 6.63. The molecule has 1 aliphatic rings. The highest BCUT2D eigenvalue weighted by atomic mass is 79.9. The Labute approximate surface area is 130 Å². The zero-order valence-corrected chi connectivity index (χ0v) is 13.3. The van der Waals surface area contributed by atoms with Crippen molar-refractivity contribution in [3.05, 3.63) is 37.0 Å². The minimum absolute atomic E-state index is 0.117. The summed E-state index contributed by atoms with van der Waals surface area (Å²) in [7, 11) is 0. The molecule has 7 heteroatoms. The lowest BCUT2D eigenvalue weighted by atomic mass is 10.1. The standard InChI is InChI=1S/C13H10Br2N2O3/c14-5-3-7-10(8(15)4-5)17-13(20)9(11(7)18)12(19)16-6-1-2-6/h3-4,6H,1-2H2,(H,16,19)(H2,17,18,20). The van der Waals surface area contributed by atoms with E-state index in [-0.39, 0.29) is 17.4 Å². The maximum Gasteiger partial charge on any atom is 0.265 e. The van der Waals surface area contributed by atoms with Gasteiger partial charge in [0, 0.05) is 20.4 Å². The van der Waals surface area contributed by atoms with Gasteiger partial charge in [-0.2, -0.15) is 0 Å². The van der Waals surface area contributed by atoms with E-state index in [2.05, 4.69) is 42.2 Å². The number of hydrogen-bond acceptors (Lipinski definition) is 3. The average molecular weight is 402 g/mol. The zero-order valence-electron chi connectivity index (χ0n) is 10.2. The third-order valence-electron chi connectivity index (χ3n) is 3.15. The number of rotatable bonds is 2. The Balaban J connectivity index is 2.22. The van der Waals surface area contributed by atoms with Crippen LogP contribution in [0, 0.1) is 0 Å². The van der Waals surface area contributed by atoms with E-state index in [1.807, 2.05) is 0 Å². The van der Waals surface area contributed by atoms with Crippen LogP contribution < -0.4 is 10.9 Å². The molecule has 1 aliphatic carbocycles. The van der Waals surface area contributed by atoms with Crippen molar-refractivity contribution in [2.75, 3.05) is 0 Å². The van der Waals surface area contributed by atoms with Crippen LogP contribution in [0.5, 0.6) is 5.75 Å². The second-order valence-electron chi connectivity index (χ2n) is 4.74. The number of carbonyl (C=O) groups excluding carboxylic acids is 1. The fourth-order valence-electron chi connectivity index (χ4n) is 2.00. The summed E-state index contributed by atoms with van der Waals surface area (Å²) in [5, 5.41) is 13.4. The molecule has 104 valence electrons. The molecule has 3 N–H and O–H groups in total. The molecule has 20 heavy (non-hydrogen) atoms. The molecule has 0 unspecified atom stereocenters. The van der Waals surface area contributed by atoms with Crippen LogP contribution in [0.25, 0.3) is 10.9 Å². The summed E-state index contributed by atoms with van der Waals surface area (Å²) in [6, 6.07) is 3.52. The number of carbonyl (C=O) groups is 1. The fourth-order valence-corrected chi connectivity index (χ4v) is 3.33. The molecule has 0 spiro atoms. The predicted octanol–water partition coefficient (Wildman–Crippen LogP) is 2.65. The van der Waals surface area contributed by atoms with E-state index in [9.17, 15) is 14.7 Å². The largest absolute Gasteiger partial charge is 0.506 e. The van der Waals surface area contributed by atoms with E-state index in [4.69, 9.17) is 0 Å². The van der Waals surface area contributed by atoms with Gasteiger partial charge in [0.05, 0.1) is 5.52 Å². The first-order chi connectivity index (χ1) is 9.47. The smallest absolute Gasteiger partial charge is 0.265 e. The van der Waals surface area contributed by atoms with Gasteiger partial charge in [-0.3, -0.25) is 9.59 Å². The molecule has 1 aromatic heterocycles. The lowest BCUT2D eigenvalue weighted by molar-refractivity contribution is 0.0947. The molecule has 1 heterocycles. The highest BCUT2D eigenvalue weighted by Crippen LogP contribution is 2.33. The van der Waals surface area contributed by atoms with Gasteiger partial charge in [0.15, 0.2) is 0 Å². The van der Waals surface area contributed by atoms with Gasteiger partial charge in [0.1, 0.15) is 11.3 Å². The van der Waals surface area contributed by atoms with Gasteiger partial charge in [-0.1, -0.05) is 15.9 Å². The minimum Gasteiger partial charge on any atom is -0.506 e. The summed E-state index contributed by atoms with van der Waals surface area (Å²) in [5.74, 6) is -0.840. The molecule has 1 aromatic carbocycles. The Kier molecular flexibility index (Phi) is 3.33. The quantitative estimate of drug-likeness (QED) is 0.723. The molecule has 0 atom stereocenters. The number of nitrogens with one attached hydrogen (secondary N) is 2. The molecule has 1 fully saturated rings. The van der Waals surface area contributed by atoms with Crippen molar-refractivity contribution in [2.45, 2.75) is 18.9 Å². The summed E-state index contributed by atoms with van der Waals surface area (Å²) in [5.41, 5.74) is -0.385. The summed E-state index contributed by atoms with van der Waals surface area (Å²) in [6.07, 6.45) is 1.82. The Morgan fingerprint density at radius 1 is 1.35 bits per heavy atom. The van der Waals surface area contributed by atoms with Crippen molar-refractivity contribution in [3.8, 4) is 5.75 Å². The van der Waals surface area contributed by atoms with Crippen LogP contribution in [0.1, 0.15) is 23.2 Å².